The molecule has 3 nitrogen and oxygen atoms in total. The van der Waals surface area contributed by atoms with Gasteiger partial charge in [0.1, 0.15) is 6.10 Å². The Morgan fingerprint density at radius 3 is 2.50 bits per heavy atom. The van der Waals surface area contributed by atoms with E-state index >= 15 is 0 Å². The first kappa shape index (κ1) is 7.58. The molecule has 0 radical (unpaired) electrons. The van der Waals surface area contributed by atoms with Crippen LogP contribution < -0.4 is 0 Å². The first-order valence-corrected chi connectivity index (χ1v) is 4.50. The minimum Gasteiger partial charge on any atom is -0.253 e. The van der Waals surface area contributed by atoms with Crippen LogP contribution in [0.4, 0.5) is 0 Å². The average Bonchev–Trinajstić information content (AvgIpc) is 2.05. The molecule has 0 N–H and O–H groups in total. The maximum Gasteiger partial charge on any atom is 0.268 e. The Labute approximate surface area is 60.5 Å². The van der Waals surface area contributed by atoms with Gasteiger partial charge in [0.2, 0.25) is 0 Å². The summed E-state index contributed by atoms with van der Waals surface area (Å²) in [5.41, 5.74) is 0. The van der Waals surface area contributed by atoms with Gasteiger partial charge in [-0.3, -0.25) is 4.18 Å². The topological polar surface area (TPSA) is 43.4 Å². The zero-order valence-electron chi connectivity index (χ0n) is 5.57. The summed E-state index contributed by atoms with van der Waals surface area (Å²) in [7, 11) is -3.30. The van der Waals surface area contributed by atoms with E-state index in [0.29, 0.717) is 0 Å². The molecular formula is C6H8O3S. The van der Waals surface area contributed by atoms with E-state index in [-0.39, 0.29) is 11.7 Å². The van der Waals surface area contributed by atoms with Crippen molar-refractivity contribution in [3.63, 3.8) is 0 Å². The highest BCUT2D eigenvalue weighted by Crippen LogP contribution is 2.21. The summed E-state index contributed by atoms with van der Waals surface area (Å²) in [6.45, 7) is 1.76. The quantitative estimate of drug-likeness (QED) is 0.369. The maximum absolute atomic E-state index is 10.7. The summed E-state index contributed by atoms with van der Waals surface area (Å²) in [5, 5.41) is 0. The summed E-state index contributed by atoms with van der Waals surface area (Å²) >= 11 is 0. The molecular weight excluding hydrogens is 152 g/mol. The molecule has 1 heterocycles. The number of rotatable bonds is 0. The second kappa shape index (κ2) is 2.26. The van der Waals surface area contributed by atoms with Crippen molar-refractivity contribution in [3.8, 4) is 12.3 Å². The molecule has 4 heteroatoms. The van der Waals surface area contributed by atoms with Crippen LogP contribution in [0.3, 0.4) is 0 Å². The number of terminal acetylenes is 1. The van der Waals surface area contributed by atoms with E-state index < -0.39 is 16.2 Å². The zero-order chi connectivity index (χ0) is 7.78. The lowest BCUT2D eigenvalue weighted by Crippen LogP contribution is -2.10. The Bertz CT molecular complexity index is 259. The van der Waals surface area contributed by atoms with Crippen LogP contribution in [0.25, 0.3) is 0 Å². The van der Waals surface area contributed by atoms with Crippen LogP contribution in [0.5, 0.6) is 0 Å². The molecule has 0 aromatic carbocycles. The van der Waals surface area contributed by atoms with Crippen LogP contribution in [0.1, 0.15) is 6.92 Å². The molecule has 0 bridgehead atoms. The molecule has 0 aromatic rings. The standard InChI is InChI=1S/C6H8O3S/c1-3-6-5(2)4-10(7,8)9-6/h1,5-6H,4H2,2H3. The van der Waals surface area contributed by atoms with Crippen molar-refractivity contribution in [1.29, 1.82) is 0 Å². The Morgan fingerprint density at radius 1 is 1.70 bits per heavy atom. The molecule has 1 rings (SSSR count). The van der Waals surface area contributed by atoms with E-state index in [1.54, 1.807) is 6.92 Å². The lowest BCUT2D eigenvalue weighted by Gasteiger charge is -2.00. The lowest BCUT2D eigenvalue weighted by molar-refractivity contribution is 0.257. The first-order valence-electron chi connectivity index (χ1n) is 2.92. The largest absolute Gasteiger partial charge is 0.268 e. The number of hydrogen-bond donors (Lipinski definition) is 0. The van der Waals surface area contributed by atoms with E-state index in [4.69, 9.17) is 6.42 Å². The van der Waals surface area contributed by atoms with Gasteiger partial charge >= 0.3 is 0 Å². The van der Waals surface area contributed by atoms with E-state index in [9.17, 15) is 8.42 Å². The van der Waals surface area contributed by atoms with Crippen molar-refractivity contribution >= 4 is 10.1 Å². The fourth-order valence-corrected chi connectivity index (χ4v) is 2.35. The van der Waals surface area contributed by atoms with E-state index in [2.05, 4.69) is 10.1 Å². The van der Waals surface area contributed by atoms with Gasteiger partial charge in [-0.1, -0.05) is 12.8 Å². The van der Waals surface area contributed by atoms with Gasteiger partial charge in [-0.15, -0.1) is 6.42 Å². The average molecular weight is 160 g/mol. The number of hydrogen-bond acceptors (Lipinski definition) is 3. The van der Waals surface area contributed by atoms with Crippen LogP contribution in [0.2, 0.25) is 0 Å². The minimum absolute atomic E-state index is 0.0435. The third-order valence-corrected chi connectivity index (χ3v) is 2.83. The molecule has 0 spiro atoms. The fraction of sp³-hybridized carbons (Fsp3) is 0.667. The highest BCUT2D eigenvalue weighted by atomic mass is 32.2. The summed E-state index contributed by atoms with van der Waals surface area (Å²) in [4.78, 5) is 0. The Kier molecular flexibility index (Phi) is 1.71. The predicted molar refractivity (Wildman–Crippen MR) is 36.7 cm³/mol. The molecule has 0 saturated carbocycles. The van der Waals surface area contributed by atoms with Gasteiger partial charge < -0.3 is 0 Å². The molecule has 1 aliphatic heterocycles. The van der Waals surface area contributed by atoms with Crippen LogP contribution in [0.15, 0.2) is 0 Å². The summed E-state index contributed by atoms with van der Waals surface area (Å²) in [5.74, 6) is 2.24. The van der Waals surface area contributed by atoms with Crippen molar-refractivity contribution in [2.24, 2.45) is 5.92 Å². The maximum atomic E-state index is 10.7. The molecule has 1 fully saturated rings. The molecule has 0 aromatic heterocycles. The molecule has 0 amide bonds. The summed E-state index contributed by atoms with van der Waals surface area (Å²) in [6.07, 6.45) is 4.45. The van der Waals surface area contributed by atoms with Crippen molar-refractivity contribution < 1.29 is 12.6 Å². The molecule has 1 saturated heterocycles. The summed E-state index contributed by atoms with van der Waals surface area (Å²) in [6, 6.07) is 0. The molecule has 1 aliphatic rings. The highest BCUT2D eigenvalue weighted by Gasteiger charge is 2.34. The van der Waals surface area contributed by atoms with Gasteiger partial charge in [-0.25, -0.2) is 0 Å². The Hall–Kier alpha value is -0.530. The molecule has 10 heavy (non-hydrogen) atoms. The molecule has 0 aliphatic carbocycles. The molecule has 56 valence electrons. The third-order valence-electron chi connectivity index (χ3n) is 1.40. The SMILES string of the molecule is C#CC1OS(=O)(=O)CC1C. The van der Waals surface area contributed by atoms with E-state index in [1.807, 2.05) is 0 Å². The Balaban J connectivity index is 2.83. The van der Waals surface area contributed by atoms with Gasteiger partial charge in [-0.05, 0) is 0 Å². The highest BCUT2D eigenvalue weighted by molar-refractivity contribution is 7.86. The van der Waals surface area contributed by atoms with Crippen LogP contribution >= 0.6 is 0 Å². The van der Waals surface area contributed by atoms with Gasteiger partial charge in [0, 0.05) is 5.92 Å². The molecule has 2 atom stereocenters. The van der Waals surface area contributed by atoms with Crippen LogP contribution in [-0.2, 0) is 14.3 Å². The molecule has 2 unspecified atom stereocenters. The summed E-state index contributed by atoms with van der Waals surface area (Å²) < 4.78 is 25.9. The lowest BCUT2D eigenvalue weighted by atomic mass is 10.1. The second-order valence-electron chi connectivity index (χ2n) is 2.39. The van der Waals surface area contributed by atoms with Crippen LogP contribution in [-0.4, -0.2) is 20.3 Å². The van der Waals surface area contributed by atoms with Gasteiger partial charge in [-0.2, -0.15) is 8.42 Å². The second-order valence-corrected chi connectivity index (χ2v) is 4.03. The van der Waals surface area contributed by atoms with Gasteiger partial charge in [0.05, 0.1) is 5.75 Å². The van der Waals surface area contributed by atoms with Crippen molar-refractivity contribution in [3.05, 3.63) is 0 Å². The van der Waals surface area contributed by atoms with Gasteiger partial charge in [0.15, 0.2) is 0 Å². The monoisotopic (exact) mass is 160 g/mol. The van der Waals surface area contributed by atoms with Gasteiger partial charge in [0.25, 0.3) is 10.1 Å². The third kappa shape index (κ3) is 1.31. The minimum atomic E-state index is -3.30. The Morgan fingerprint density at radius 2 is 2.30 bits per heavy atom. The van der Waals surface area contributed by atoms with Crippen molar-refractivity contribution in [2.75, 3.05) is 5.75 Å². The van der Waals surface area contributed by atoms with Crippen molar-refractivity contribution in [2.45, 2.75) is 13.0 Å². The first-order chi connectivity index (χ1) is 4.55. The van der Waals surface area contributed by atoms with Crippen LogP contribution in [0, 0.1) is 18.3 Å². The normalized spacial score (nSPS) is 37.2. The van der Waals surface area contributed by atoms with Crippen molar-refractivity contribution in [1.82, 2.24) is 0 Å². The smallest absolute Gasteiger partial charge is 0.253 e. The predicted octanol–water partition coefficient (Wildman–Crippen LogP) is -0.0157. The van der Waals surface area contributed by atoms with E-state index in [0.717, 1.165) is 0 Å². The fourth-order valence-electron chi connectivity index (χ4n) is 0.893. The zero-order valence-corrected chi connectivity index (χ0v) is 6.39. The van der Waals surface area contributed by atoms with E-state index in [1.165, 1.54) is 0 Å².